The van der Waals surface area contributed by atoms with Gasteiger partial charge in [0.15, 0.2) is 0 Å². The number of nitrogens with zero attached hydrogens (tertiary/aromatic N) is 4. The predicted octanol–water partition coefficient (Wildman–Crippen LogP) is 1.56. The fourth-order valence-corrected chi connectivity index (χ4v) is 3.47. The molecule has 0 saturated carbocycles. The zero-order valence-corrected chi connectivity index (χ0v) is 16.1. The number of hydrogen-bond acceptors (Lipinski definition) is 4. The van der Waals surface area contributed by atoms with E-state index in [1.807, 2.05) is 39.6 Å². The Morgan fingerprint density at radius 1 is 1.20 bits per heavy atom. The molecule has 1 aromatic rings. The van der Waals surface area contributed by atoms with Gasteiger partial charge in [-0.2, -0.15) is 5.10 Å². The number of carbonyl (C=O) groups excluding carboxylic acids is 2. The molecule has 25 heavy (non-hydrogen) atoms. The minimum absolute atomic E-state index is 0.0206. The second-order valence-electron chi connectivity index (χ2n) is 6.78. The van der Waals surface area contributed by atoms with Crippen LogP contribution in [0.4, 0.5) is 5.69 Å². The lowest BCUT2D eigenvalue weighted by Crippen LogP contribution is -2.44. The molecule has 2 heterocycles. The van der Waals surface area contributed by atoms with Crippen molar-refractivity contribution >= 4 is 17.5 Å². The van der Waals surface area contributed by atoms with Crippen LogP contribution in [0, 0.1) is 19.8 Å². The summed E-state index contributed by atoms with van der Waals surface area (Å²) >= 11 is 0. The first kappa shape index (κ1) is 19.4. The topological polar surface area (TPSA) is 70.5 Å². The van der Waals surface area contributed by atoms with Crippen LogP contribution in [0.2, 0.25) is 0 Å². The number of rotatable bonds is 6. The number of likely N-dealkylation sites (tertiary alicyclic amines) is 1. The Bertz CT molecular complexity index is 613. The molecule has 7 nitrogen and oxygen atoms in total. The average molecular weight is 349 g/mol. The molecule has 0 aliphatic carbocycles. The summed E-state index contributed by atoms with van der Waals surface area (Å²) in [6.07, 6.45) is 1.65. The third-order valence-electron chi connectivity index (χ3n) is 5.15. The van der Waals surface area contributed by atoms with Gasteiger partial charge in [-0.25, -0.2) is 0 Å². The van der Waals surface area contributed by atoms with Crippen LogP contribution in [0.1, 0.15) is 38.1 Å². The molecule has 1 N–H and O–H groups in total. The van der Waals surface area contributed by atoms with Gasteiger partial charge in [-0.15, -0.1) is 0 Å². The van der Waals surface area contributed by atoms with Gasteiger partial charge in [-0.3, -0.25) is 19.2 Å². The van der Waals surface area contributed by atoms with E-state index in [-0.39, 0.29) is 17.7 Å². The highest BCUT2D eigenvalue weighted by Crippen LogP contribution is 2.21. The molecule has 0 aromatic carbocycles. The molecule has 1 fully saturated rings. The smallest absolute Gasteiger partial charge is 0.238 e. The maximum absolute atomic E-state index is 12.4. The predicted molar refractivity (Wildman–Crippen MR) is 98.4 cm³/mol. The number of piperidine rings is 1. The second-order valence-corrected chi connectivity index (χ2v) is 6.78. The van der Waals surface area contributed by atoms with E-state index in [2.05, 4.69) is 15.3 Å². The highest BCUT2D eigenvalue weighted by molar-refractivity contribution is 5.93. The van der Waals surface area contributed by atoms with Crippen molar-refractivity contribution in [3.63, 3.8) is 0 Å². The third kappa shape index (κ3) is 4.60. The van der Waals surface area contributed by atoms with Gasteiger partial charge >= 0.3 is 0 Å². The number of aromatic nitrogens is 2. The van der Waals surface area contributed by atoms with E-state index in [1.54, 1.807) is 4.68 Å². The van der Waals surface area contributed by atoms with Crippen LogP contribution in [-0.2, 0) is 16.6 Å². The molecule has 1 aliphatic rings. The number of hydrogen-bond donors (Lipinski definition) is 1. The Morgan fingerprint density at radius 2 is 1.80 bits per heavy atom. The van der Waals surface area contributed by atoms with Crippen molar-refractivity contribution in [1.82, 2.24) is 19.6 Å². The molecule has 0 radical (unpaired) electrons. The first-order valence-electron chi connectivity index (χ1n) is 9.18. The van der Waals surface area contributed by atoms with Gasteiger partial charge in [0.05, 0.1) is 23.6 Å². The van der Waals surface area contributed by atoms with E-state index in [9.17, 15) is 9.59 Å². The lowest BCUT2D eigenvalue weighted by Gasteiger charge is -2.33. The number of amides is 2. The molecule has 2 rings (SSSR count). The summed E-state index contributed by atoms with van der Waals surface area (Å²) < 4.78 is 1.77. The summed E-state index contributed by atoms with van der Waals surface area (Å²) in [6.45, 7) is 11.3. The number of carbonyl (C=O) groups is 2. The minimum Gasteiger partial charge on any atom is -0.343 e. The summed E-state index contributed by atoms with van der Waals surface area (Å²) in [4.78, 5) is 28.8. The number of anilines is 1. The van der Waals surface area contributed by atoms with Crippen LogP contribution >= 0.6 is 0 Å². The Morgan fingerprint density at radius 3 is 2.28 bits per heavy atom. The van der Waals surface area contributed by atoms with Crippen molar-refractivity contribution in [3.05, 3.63) is 11.4 Å². The molecule has 1 saturated heterocycles. The van der Waals surface area contributed by atoms with E-state index >= 15 is 0 Å². The highest BCUT2D eigenvalue weighted by Gasteiger charge is 2.28. The fraction of sp³-hybridized carbons (Fsp3) is 0.722. The average Bonchev–Trinajstić information content (AvgIpc) is 2.82. The fourth-order valence-electron chi connectivity index (χ4n) is 3.47. The number of nitrogens with one attached hydrogen (secondary N) is 1. The van der Waals surface area contributed by atoms with Crippen molar-refractivity contribution in [3.8, 4) is 0 Å². The second kappa shape index (κ2) is 8.47. The van der Waals surface area contributed by atoms with Crippen molar-refractivity contribution in [2.45, 2.75) is 40.5 Å². The first-order chi connectivity index (χ1) is 11.9. The van der Waals surface area contributed by atoms with E-state index < -0.39 is 0 Å². The monoisotopic (exact) mass is 349 g/mol. The van der Waals surface area contributed by atoms with Crippen LogP contribution in [0.5, 0.6) is 0 Å². The summed E-state index contributed by atoms with van der Waals surface area (Å²) in [7, 11) is 1.87. The lowest BCUT2D eigenvalue weighted by molar-refractivity contribution is -0.136. The SMILES string of the molecule is CCN(CC)C(=O)C1CCN(CC(=O)Nc2c(C)nn(C)c2C)CC1. The van der Waals surface area contributed by atoms with Gasteiger partial charge < -0.3 is 10.2 Å². The van der Waals surface area contributed by atoms with E-state index in [0.717, 1.165) is 56.1 Å². The van der Waals surface area contributed by atoms with Crippen molar-refractivity contribution in [2.24, 2.45) is 13.0 Å². The van der Waals surface area contributed by atoms with E-state index in [0.29, 0.717) is 6.54 Å². The third-order valence-corrected chi connectivity index (χ3v) is 5.15. The van der Waals surface area contributed by atoms with E-state index in [1.165, 1.54) is 0 Å². The standard InChI is InChI=1S/C18H31N5O2/c1-6-23(7-2)18(25)15-8-10-22(11-9-15)12-16(24)19-17-13(3)20-21(5)14(17)4/h15H,6-12H2,1-5H3,(H,19,24). The van der Waals surface area contributed by atoms with Crippen LogP contribution in [0.3, 0.4) is 0 Å². The summed E-state index contributed by atoms with van der Waals surface area (Å²) in [5.74, 6) is 0.338. The molecule has 0 atom stereocenters. The molecule has 1 aromatic heterocycles. The maximum Gasteiger partial charge on any atom is 0.238 e. The van der Waals surface area contributed by atoms with Crippen LogP contribution in [-0.4, -0.2) is 64.1 Å². The molecule has 0 spiro atoms. The van der Waals surface area contributed by atoms with Gasteiger partial charge in [-0.05, 0) is 53.6 Å². The molecular weight excluding hydrogens is 318 g/mol. The lowest BCUT2D eigenvalue weighted by atomic mass is 9.95. The molecule has 7 heteroatoms. The van der Waals surface area contributed by atoms with Crippen molar-refractivity contribution in [2.75, 3.05) is 38.0 Å². The Labute approximate surface area is 150 Å². The minimum atomic E-state index is -0.0206. The molecule has 0 unspecified atom stereocenters. The largest absolute Gasteiger partial charge is 0.343 e. The Kier molecular flexibility index (Phi) is 6.58. The first-order valence-corrected chi connectivity index (χ1v) is 9.18. The number of aryl methyl sites for hydroxylation is 2. The van der Waals surface area contributed by atoms with Crippen LogP contribution in [0.25, 0.3) is 0 Å². The highest BCUT2D eigenvalue weighted by atomic mass is 16.2. The summed E-state index contributed by atoms with van der Waals surface area (Å²) in [6, 6.07) is 0. The molecule has 0 bridgehead atoms. The Hall–Kier alpha value is -1.89. The quantitative estimate of drug-likeness (QED) is 0.846. The van der Waals surface area contributed by atoms with Gasteiger partial charge in [0.25, 0.3) is 0 Å². The summed E-state index contributed by atoms with van der Waals surface area (Å²) in [5.41, 5.74) is 2.59. The molecular formula is C18H31N5O2. The zero-order chi connectivity index (χ0) is 18.6. The van der Waals surface area contributed by atoms with E-state index in [4.69, 9.17) is 0 Å². The van der Waals surface area contributed by atoms with Gasteiger partial charge in [0, 0.05) is 26.1 Å². The molecule has 1 aliphatic heterocycles. The molecule has 140 valence electrons. The molecule has 2 amide bonds. The van der Waals surface area contributed by atoms with Gasteiger partial charge in [0.1, 0.15) is 0 Å². The van der Waals surface area contributed by atoms with Gasteiger partial charge in [-0.1, -0.05) is 0 Å². The normalized spacial score (nSPS) is 16.0. The van der Waals surface area contributed by atoms with Crippen LogP contribution < -0.4 is 5.32 Å². The van der Waals surface area contributed by atoms with Crippen molar-refractivity contribution < 1.29 is 9.59 Å². The van der Waals surface area contributed by atoms with Crippen LogP contribution in [0.15, 0.2) is 0 Å². The van der Waals surface area contributed by atoms with Gasteiger partial charge in [0.2, 0.25) is 11.8 Å². The zero-order valence-electron chi connectivity index (χ0n) is 16.1. The maximum atomic E-state index is 12.4. The Balaban J connectivity index is 1.83. The summed E-state index contributed by atoms with van der Waals surface area (Å²) in [5, 5.41) is 7.30. The van der Waals surface area contributed by atoms with Crippen molar-refractivity contribution in [1.29, 1.82) is 0 Å².